The van der Waals surface area contributed by atoms with Gasteiger partial charge in [0, 0.05) is 18.5 Å². The van der Waals surface area contributed by atoms with Crippen molar-refractivity contribution in [3.63, 3.8) is 0 Å². The van der Waals surface area contributed by atoms with E-state index in [-0.39, 0.29) is 12.5 Å². The lowest BCUT2D eigenvalue weighted by Crippen LogP contribution is -2.30. The maximum absolute atomic E-state index is 12.1. The van der Waals surface area contributed by atoms with E-state index >= 15 is 0 Å². The molecule has 1 aromatic heterocycles. The molecule has 1 aromatic carbocycles. The van der Waals surface area contributed by atoms with Gasteiger partial charge in [0.2, 0.25) is 0 Å². The second-order valence-electron chi connectivity index (χ2n) is 5.72. The van der Waals surface area contributed by atoms with E-state index in [1.807, 2.05) is 36.4 Å². The average Bonchev–Trinajstić information content (AvgIpc) is 3.14. The van der Waals surface area contributed by atoms with Crippen LogP contribution in [0.25, 0.3) is 0 Å². The number of carbonyl (C=O) groups excluding carboxylic acids is 2. The van der Waals surface area contributed by atoms with E-state index in [1.54, 1.807) is 11.9 Å². The van der Waals surface area contributed by atoms with Crippen LogP contribution < -0.4 is 0 Å². The van der Waals surface area contributed by atoms with E-state index < -0.39 is 5.97 Å². The van der Waals surface area contributed by atoms with Gasteiger partial charge in [0.25, 0.3) is 5.91 Å². The number of ether oxygens (including phenoxy) is 1. The molecule has 0 saturated carbocycles. The molecule has 0 atom stereocenters. The fourth-order valence-electron chi connectivity index (χ4n) is 2.68. The zero-order valence-electron chi connectivity index (χ0n) is 13.1. The highest BCUT2D eigenvalue weighted by Gasteiger charge is 2.20. The molecule has 0 N–H and O–H groups in total. The predicted octanol–water partition coefficient (Wildman–Crippen LogP) is 3.05. The van der Waals surface area contributed by atoms with Crippen LogP contribution in [0, 0.1) is 0 Å². The first-order valence-corrected chi connectivity index (χ1v) is 8.52. The zero-order valence-corrected chi connectivity index (χ0v) is 13.9. The Balaban J connectivity index is 1.50. The maximum atomic E-state index is 12.1. The van der Waals surface area contributed by atoms with E-state index in [4.69, 9.17) is 4.74 Å². The summed E-state index contributed by atoms with van der Waals surface area (Å²) in [5, 5.41) is 0. The molecule has 2 aromatic rings. The highest BCUT2D eigenvalue weighted by Crippen LogP contribution is 2.30. The topological polar surface area (TPSA) is 46.6 Å². The number of esters is 1. The number of nitrogens with zero attached hydrogens (tertiary/aromatic N) is 1. The molecular weight excluding hydrogens is 310 g/mol. The number of likely N-dealkylation sites (N-methyl/N-ethyl adjacent to an activating group) is 1. The van der Waals surface area contributed by atoms with Crippen LogP contribution in [-0.4, -0.2) is 30.4 Å². The van der Waals surface area contributed by atoms with Gasteiger partial charge in [-0.15, -0.1) is 11.3 Å². The van der Waals surface area contributed by atoms with Gasteiger partial charge in [-0.1, -0.05) is 30.3 Å². The molecule has 1 aliphatic rings. The van der Waals surface area contributed by atoms with E-state index in [0.717, 1.165) is 18.4 Å². The van der Waals surface area contributed by atoms with Crippen LogP contribution in [0.5, 0.6) is 0 Å². The Hall–Kier alpha value is -2.14. The lowest BCUT2D eigenvalue weighted by Gasteiger charge is -2.17. The van der Waals surface area contributed by atoms with Gasteiger partial charge in [0.15, 0.2) is 6.61 Å². The van der Waals surface area contributed by atoms with Crippen molar-refractivity contribution in [3.8, 4) is 0 Å². The normalized spacial score (nSPS) is 12.7. The molecule has 5 heteroatoms. The number of hydrogen-bond acceptors (Lipinski definition) is 4. The van der Waals surface area contributed by atoms with Crippen molar-refractivity contribution >= 4 is 23.2 Å². The van der Waals surface area contributed by atoms with Crippen molar-refractivity contribution in [2.24, 2.45) is 0 Å². The number of aryl methyl sites for hydroxylation is 2. The Morgan fingerprint density at radius 3 is 2.74 bits per heavy atom. The number of thiophene rings is 1. The number of hydrogen-bond donors (Lipinski definition) is 0. The van der Waals surface area contributed by atoms with Crippen LogP contribution in [0.15, 0.2) is 36.4 Å². The second kappa shape index (κ2) is 6.96. The number of fused-ring (bicyclic) bond motifs is 1. The molecule has 120 valence electrons. The molecule has 0 spiro atoms. The molecular formula is C18H19NO3S. The number of benzene rings is 1. The summed E-state index contributed by atoms with van der Waals surface area (Å²) in [6, 6.07) is 11.6. The summed E-state index contributed by atoms with van der Waals surface area (Å²) >= 11 is 1.49. The van der Waals surface area contributed by atoms with Gasteiger partial charge in [0.1, 0.15) is 4.88 Å². The van der Waals surface area contributed by atoms with Crippen LogP contribution in [0.4, 0.5) is 0 Å². The van der Waals surface area contributed by atoms with Crippen molar-refractivity contribution < 1.29 is 14.3 Å². The van der Waals surface area contributed by atoms with Crippen molar-refractivity contribution in [2.75, 3.05) is 13.7 Å². The molecule has 0 bridgehead atoms. The first kappa shape index (κ1) is 15.7. The summed E-state index contributed by atoms with van der Waals surface area (Å²) in [5.74, 6) is -0.600. The highest BCUT2D eigenvalue weighted by atomic mass is 32.1. The summed E-state index contributed by atoms with van der Waals surface area (Å²) in [6.07, 6.45) is 3.25. The Bertz CT molecular complexity index is 687. The van der Waals surface area contributed by atoms with Gasteiger partial charge in [-0.2, -0.15) is 0 Å². The summed E-state index contributed by atoms with van der Waals surface area (Å²) in [7, 11) is 1.71. The minimum absolute atomic E-state index is 0.202. The van der Waals surface area contributed by atoms with E-state index in [2.05, 4.69) is 0 Å². The standard InChI is InChI=1S/C18H19NO3S/c1-19(11-13-6-3-2-4-7-13)17(20)12-22-18(21)16-10-14-8-5-9-15(14)23-16/h2-4,6-7,10H,5,8-9,11-12H2,1H3. The molecule has 0 radical (unpaired) electrons. The SMILES string of the molecule is CN(Cc1ccccc1)C(=O)COC(=O)c1cc2c(s1)CCC2. The van der Waals surface area contributed by atoms with Gasteiger partial charge < -0.3 is 9.64 Å². The molecule has 0 fully saturated rings. The fraction of sp³-hybridized carbons (Fsp3) is 0.333. The molecule has 0 saturated heterocycles. The molecule has 23 heavy (non-hydrogen) atoms. The quantitative estimate of drug-likeness (QED) is 0.792. The average molecular weight is 329 g/mol. The zero-order chi connectivity index (χ0) is 16.2. The molecule has 1 amide bonds. The predicted molar refractivity (Wildman–Crippen MR) is 89.5 cm³/mol. The number of amides is 1. The van der Waals surface area contributed by atoms with Crippen molar-refractivity contribution in [1.29, 1.82) is 0 Å². The third-order valence-electron chi connectivity index (χ3n) is 3.96. The third kappa shape index (κ3) is 3.79. The van der Waals surface area contributed by atoms with Gasteiger partial charge in [0.05, 0.1) is 0 Å². The minimum atomic E-state index is -0.397. The molecule has 1 heterocycles. The lowest BCUT2D eigenvalue weighted by atomic mass is 10.2. The Morgan fingerprint density at radius 2 is 2.00 bits per heavy atom. The third-order valence-corrected chi connectivity index (χ3v) is 5.18. The van der Waals surface area contributed by atoms with Gasteiger partial charge >= 0.3 is 5.97 Å². The van der Waals surface area contributed by atoms with Crippen molar-refractivity contribution in [1.82, 2.24) is 4.90 Å². The summed E-state index contributed by atoms with van der Waals surface area (Å²) in [5.41, 5.74) is 2.30. The van der Waals surface area contributed by atoms with E-state index in [0.29, 0.717) is 11.4 Å². The summed E-state index contributed by atoms with van der Waals surface area (Å²) < 4.78 is 5.17. The van der Waals surface area contributed by atoms with Crippen LogP contribution in [0.3, 0.4) is 0 Å². The van der Waals surface area contributed by atoms with Gasteiger partial charge in [-0.3, -0.25) is 4.79 Å². The number of rotatable bonds is 5. The highest BCUT2D eigenvalue weighted by molar-refractivity contribution is 7.14. The van der Waals surface area contributed by atoms with E-state index in [9.17, 15) is 9.59 Å². The monoisotopic (exact) mass is 329 g/mol. The van der Waals surface area contributed by atoms with E-state index in [1.165, 1.54) is 28.2 Å². The van der Waals surface area contributed by atoms with Crippen LogP contribution in [0.2, 0.25) is 0 Å². The smallest absolute Gasteiger partial charge is 0.348 e. The van der Waals surface area contributed by atoms with Crippen molar-refractivity contribution in [2.45, 2.75) is 25.8 Å². The molecule has 0 aliphatic heterocycles. The first-order valence-electron chi connectivity index (χ1n) is 7.70. The second-order valence-corrected chi connectivity index (χ2v) is 6.86. The van der Waals surface area contributed by atoms with Crippen molar-refractivity contribution in [3.05, 3.63) is 57.3 Å². The molecule has 0 unspecified atom stereocenters. The number of carbonyl (C=O) groups is 2. The lowest BCUT2D eigenvalue weighted by molar-refractivity contribution is -0.133. The fourth-order valence-corrected chi connectivity index (χ4v) is 3.83. The molecule has 1 aliphatic carbocycles. The first-order chi connectivity index (χ1) is 11.1. The summed E-state index contributed by atoms with van der Waals surface area (Å²) in [6.45, 7) is 0.287. The Kier molecular flexibility index (Phi) is 4.76. The Morgan fingerprint density at radius 1 is 1.22 bits per heavy atom. The molecule has 4 nitrogen and oxygen atoms in total. The minimum Gasteiger partial charge on any atom is -0.451 e. The van der Waals surface area contributed by atoms with Crippen LogP contribution in [0.1, 0.15) is 32.1 Å². The van der Waals surface area contributed by atoms with Gasteiger partial charge in [-0.05, 0) is 36.5 Å². The summed E-state index contributed by atoms with van der Waals surface area (Å²) in [4.78, 5) is 27.6. The van der Waals surface area contributed by atoms with Gasteiger partial charge in [-0.25, -0.2) is 4.79 Å². The Labute approximate surface area is 139 Å². The largest absolute Gasteiger partial charge is 0.451 e. The maximum Gasteiger partial charge on any atom is 0.348 e. The molecule has 3 rings (SSSR count). The van der Waals surface area contributed by atoms with Crippen LogP contribution in [-0.2, 0) is 28.9 Å². The van der Waals surface area contributed by atoms with Crippen LogP contribution >= 0.6 is 11.3 Å².